The van der Waals surface area contributed by atoms with E-state index in [0.717, 1.165) is 16.6 Å². The molecule has 0 N–H and O–H groups in total. The van der Waals surface area contributed by atoms with Crippen LogP contribution in [0.25, 0.3) is 0 Å². The first-order chi connectivity index (χ1) is 8.43. The van der Waals surface area contributed by atoms with Gasteiger partial charge in [-0.15, -0.1) is 23.5 Å². The highest BCUT2D eigenvalue weighted by atomic mass is 79.9. The molecule has 4 atom stereocenters. The first-order valence-corrected chi connectivity index (χ1v) is 9.87. The van der Waals surface area contributed by atoms with Gasteiger partial charge in [0.05, 0.1) is 30.0 Å². The van der Waals surface area contributed by atoms with Crippen LogP contribution in [-0.4, -0.2) is 22.1 Å². The fraction of sp³-hybridized carbons (Fsp3) is 0.400. The van der Waals surface area contributed by atoms with Crippen LogP contribution in [0.2, 0.25) is 0 Å². The van der Waals surface area contributed by atoms with Crippen LogP contribution < -0.4 is 0 Å². The number of fused-ring (bicyclic) bond motifs is 2. The number of Topliss-reactive ketones (excluding diaryl/α,β-unsaturated/α-hetero) is 2. The Morgan fingerprint density at radius 3 is 1.39 bits per heavy atom. The first-order valence-electron chi connectivity index (χ1n) is 4.94. The summed E-state index contributed by atoms with van der Waals surface area (Å²) in [5.41, 5.74) is 0. The maximum atomic E-state index is 12.5. The van der Waals surface area contributed by atoms with Gasteiger partial charge in [-0.05, 0) is 31.9 Å². The number of thioether (sulfide) groups is 2. The summed E-state index contributed by atoms with van der Waals surface area (Å²) in [5.74, 6) is -0.390. The molecule has 0 aromatic carbocycles. The molecule has 1 aliphatic carbocycles. The second kappa shape index (κ2) is 5.02. The molecule has 0 bridgehead atoms. The summed E-state index contributed by atoms with van der Waals surface area (Å²) in [6.07, 6.45) is 0. The van der Waals surface area contributed by atoms with Crippen LogP contribution in [0.4, 0.5) is 0 Å². The van der Waals surface area contributed by atoms with E-state index in [-0.39, 0.29) is 33.9 Å². The van der Waals surface area contributed by atoms with E-state index < -0.39 is 0 Å². The van der Waals surface area contributed by atoms with E-state index in [4.69, 9.17) is 0 Å². The van der Waals surface area contributed by atoms with Crippen LogP contribution in [0, 0.1) is 11.8 Å². The van der Waals surface area contributed by atoms with Crippen LogP contribution >= 0.6 is 87.2 Å². The fourth-order valence-corrected chi connectivity index (χ4v) is 8.18. The van der Waals surface area contributed by atoms with E-state index in [1.807, 2.05) is 0 Å². The zero-order chi connectivity index (χ0) is 13.2. The third-order valence-electron chi connectivity index (χ3n) is 3.16. The normalized spacial score (nSPS) is 39.6. The fourth-order valence-electron chi connectivity index (χ4n) is 2.33. The molecule has 2 heterocycles. The summed E-state index contributed by atoms with van der Waals surface area (Å²) in [6.45, 7) is 0. The molecule has 0 aromatic rings. The average molecular weight is 540 g/mol. The lowest BCUT2D eigenvalue weighted by atomic mass is 9.79. The molecule has 0 radical (unpaired) electrons. The molecule has 96 valence electrons. The predicted molar refractivity (Wildman–Crippen MR) is 89.5 cm³/mol. The van der Waals surface area contributed by atoms with Gasteiger partial charge in [-0.2, -0.15) is 0 Å². The number of halogens is 4. The van der Waals surface area contributed by atoms with E-state index in [1.165, 1.54) is 23.5 Å². The monoisotopic (exact) mass is 536 g/mol. The maximum absolute atomic E-state index is 12.5. The Bertz CT molecular complexity index is 494. The molecule has 18 heavy (non-hydrogen) atoms. The molecule has 0 aromatic heterocycles. The highest BCUT2D eigenvalue weighted by molar-refractivity contribution is 9.16. The molecule has 0 spiro atoms. The van der Waals surface area contributed by atoms with Gasteiger partial charge in [0.2, 0.25) is 0 Å². The lowest BCUT2D eigenvalue weighted by Crippen LogP contribution is -2.48. The molecule has 1 saturated carbocycles. The maximum Gasteiger partial charge on any atom is 0.156 e. The van der Waals surface area contributed by atoms with Crippen LogP contribution in [0.15, 0.2) is 16.6 Å². The number of hydrogen-bond acceptors (Lipinski definition) is 4. The number of carbonyl (C=O) groups is 2. The zero-order valence-electron chi connectivity index (χ0n) is 8.45. The minimum atomic E-state index is -0.329. The summed E-state index contributed by atoms with van der Waals surface area (Å²) >= 11 is 16.5. The third kappa shape index (κ3) is 1.93. The van der Waals surface area contributed by atoms with Crippen molar-refractivity contribution in [3.8, 4) is 0 Å². The molecule has 1 fully saturated rings. The Morgan fingerprint density at radius 1 is 0.722 bits per heavy atom. The average Bonchev–Trinajstić information content (AvgIpc) is 2.78. The number of rotatable bonds is 0. The molecule has 3 aliphatic rings. The van der Waals surface area contributed by atoms with Gasteiger partial charge in [0.25, 0.3) is 0 Å². The van der Waals surface area contributed by atoms with Crippen LogP contribution in [0.3, 0.4) is 0 Å². The first kappa shape index (κ1) is 14.4. The number of allylic oxidation sites excluding steroid dienone is 2. The van der Waals surface area contributed by atoms with Crippen LogP contribution in [-0.2, 0) is 9.59 Å². The SMILES string of the molecule is O=C1C2SC(Br)=C(Br)C2C(=O)C2SC(Br)=C(Br)C12. The van der Waals surface area contributed by atoms with Gasteiger partial charge < -0.3 is 0 Å². The molecule has 0 amide bonds. The summed E-state index contributed by atoms with van der Waals surface area (Å²) in [5, 5.41) is -0.594. The van der Waals surface area contributed by atoms with Gasteiger partial charge in [0.1, 0.15) is 0 Å². The Labute approximate surface area is 146 Å². The minimum absolute atomic E-state index is 0.134. The molecule has 8 heteroatoms. The Balaban J connectivity index is 2.04. The van der Waals surface area contributed by atoms with Crippen LogP contribution in [0.1, 0.15) is 0 Å². The summed E-state index contributed by atoms with van der Waals surface area (Å²) in [7, 11) is 0. The van der Waals surface area contributed by atoms with Crippen LogP contribution in [0.5, 0.6) is 0 Å². The van der Waals surface area contributed by atoms with Crippen molar-refractivity contribution in [2.24, 2.45) is 11.8 Å². The van der Waals surface area contributed by atoms with E-state index in [1.54, 1.807) is 0 Å². The van der Waals surface area contributed by atoms with Gasteiger partial charge >= 0.3 is 0 Å². The Morgan fingerprint density at radius 2 is 1.06 bits per heavy atom. The number of ketones is 2. The standard InChI is InChI=1S/C10H4Br4O2S2/c11-3-1-5(15)8-2(4(12)10(14)18-8)6(16)7(1)17-9(3)13/h1-2,7-8H. The van der Waals surface area contributed by atoms with E-state index in [9.17, 15) is 9.59 Å². The molecule has 3 rings (SSSR count). The van der Waals surface area contributed by atoms with Gasteiger partial charge in [-0.3, -0.25) is 9.59 Å². The lowest BCUT2D eigenvalue weighted by Gasteiger charge is -2.31. The van der Waals surface area contributed by atoms with Crippen molar-refractivity contribution in [2.75, 3.05) is 0 Å². The smallest absolute Gasteiger partial charge is 0.156 e. The summed E-state index contributed by atoms with van der Waals surface area (Å²) < 4.78 is 3.36. The van der Waals surface area contributed by atoms with Crippen molar-refractivity contribution in [1.29, 1.82) is 0 Å². The second-order valence-electron chi connectivity index (χ2n) is 4.08. The minimum Gasteiger partial charge on any atom is -0.298 e. The Hall–Kier alpha value is 1.44. The molecule has 4 unspecified atom stereocenters. The molecular weight excluding hydrogens is 536 g/mol. The molecular formula is C10H4Br4O2S2. The topological polar surface area (TPSA) is 34.1 Å². The van der Waals surface area contributed by atoms with Crippen molar-refractivity contribution in [1.82, 2.24) is 0 Å². The highest BCUT2D eigenvalue weighted by Crippen LogP contribution is 2.58. The van der Waals surface area contributed by atoms with E-state index >= 15 is 0 Å². The second-order valence-corrected chi connectivity index (χ2v) is 10.7. The van der Waals surface area contributed by atoms with Gasteiger partial charge in [-0.1, -0.05) is 31.9 Å². The van der Waals surface area contributed by atoms with Crippen molar-refractivity contribution in [3.05, 3.63) is 16.6 Å². The van der Waals surface area contributed by atoms with Gasteiger partial charge in [-0.25, -0.2) is 0 Å². The zero-order valence-corrected chi connectivity index (χ0v) is 16.4. The predicted octanol–water partition coefficient (Wildman–Crippen LogP) is 4.52. The van der Waals surface area contributed by atoms with E-state index in [2.05, 4.69) is 63.7 Å². The molecule has 2 aliphatic heterocycles. The third-order valence-corrected chi connectivity index (χ3v) is 10.9. The van der Waals surface area contributed by atoms with Crippen molar-refractivity contribution < 1.29 is 9.59 Å². The Kier molecular flexibility index (Phi) is 4.01. The molecule has 0 saturated heterocycles. The lowest BCUT2D eigenvalue weighted by molar-refractivity contribution is -0.132. The molecule has 2 nitrogen and oxygen atoms in total. The van der Waals surface area contributed by atoms with Gasteiger partial charge in [0, 0.05) is 8.96 Å². The summed E-state index contributed by atoms with van der Waals surface area (Å²) in [6, 6.07) is 0. The van der Waals surface area contributed by atoms with Crippen molar-refractivity contribution in [3.63, 3.8) is 0 Å². The van der Waals surface area contributed by atoms with Gasteiger partial charge in [0.15, 0.2) is 11.6 Å². The number of hydrogen-bond donors (Lipinski definition) is 0. The van der Waals surface area contributed by atoms with E-state index in [0.29, 0.717) is 0 Å². The quantitative estimate of drug-likeness (QED) is 0.453. The highest BCUT2D eigenvalue weighted by Gasteiger charge is 2.57. The number of carbonyl (C=O) groups excluding carboxylic acids is 2. The van der Waals surface area contributed by atoms with Crippen molar-refractivity contribution in [2.45, 2.75) is 10.5 Å². The van der Waals surface area contributed by atoms with Crippen molar-refractivity contribution >= 4 is 98.8 Å². The largest absolute Gasteiger partial charge is 0.298 e. The summed E-state index contributed by atoms with van der Waals surface area (Å²) in [4.78, 5) is 25.1.